The van der Waals surface area contributed by atoms with E-state index in [1.165, 1.54) is 0 Å². The maximum atomic E-state index is 4.41. The first-order valence-electron chi connectivity index (χ1n) is 6.39. The van der Waals surface area contributed by atoms with Gasteiger partial charge in [-0.05, 0) is 37.7 Å². The number of hydrogen-bond acceptors (Lipinski definition) is 5. The molecule has 5 heteroatoms. The van der Waals surface area contributed by atoms with Gasteiger partial charge < -0.3 is 10.2 Å². The molecule has 0 aromatic carbocycles. The molecule has 0 fully saturated rings. The molecule has 0 aliphatic rings. The summed E-state index contributed by atoms with van der Waals surface area (Å²) in [6.07, 6.45) is 8.32. The number of rotatable bonds is 6. The van der Waals surface area contributed by atoms with Crippen molar-refractivity contribution >= 4 is 5.95 Å². The third kappa shape index (κ3) is 3.72. The molecule has 0 spiro atoms. The van der Waals surface area contributed by atoms with Crippen LogP contribution in [-0.4, -0.2) is 42.1 Å². The lowest BCUT2D eigenvalue weighted by molar-refractivity contribution is 0.704. The number of aromatic nitrogens is 3. The van der Waals surface area contributed by atoms with Crippen LogP contribution in [0.25, 0.3) is 11.1 Å². The van der Waals surface area contributed by atoms with Crippen molar-refractivity contribution in [3.05, 3.63) is 36.9 Å². The van der Waals surface area contributed by atoms with Crippen LogP contribution in [-0.2, 0) is 0 Å². The van der Waals surface area contributed by atoms with Crippen LogP contribution in [0.2, 0.25) is 0 Å². The van der Waals surface area contributed by atoms with Gasteiger partial charge in [-0.1, -0.05) is 0 Å². The summed E-state index contributed by atoms with van der Waals surface area (Å²) < 4.78 is 0. The van der Waals surface area contributed by atoms with Gasteiger partial charge in [0.2, 0.25) is 5.95 Å². The summed E-state index contributed by atoms with van der Waals surface area (Å²) in [5.41, 5.74) is 2.09. The van der Waals surface area contributed by atoms with Crippen molar-refractivity contribution in [3.63, 3.8) is 0 Å². The van der Waals surface area contributed by atoms with Gasteiger partial charge >= 0.3 is 0 Å². The van der Waals surface area contributed by atoms with E-state index < -0.39 is 0 Å². The minimum atomic E-state index is 0.758. The highest BCUT2D eigenvalue weighted by Crippen LogP contribution is 2.17. The fourth-order valence-corrected chi connectivity index (χ4v) is 1.80. The van der Waals surface area contributed by atoms with Crippen molar-refractivity contribution in [2.24, 2.45) is 0 Å². The van der Waals surface area contributed by atoms with E-state index >= 15 is 0 Å². The first-order chi connectivity index (χ1) is 9.31. The lowest BCUT2D eigenvalue weighted by Gasteiger charge is -2.16. The van der Waals surface area contributed by atoms with Crippen molar-refractivity contribution in [2.45, 2.75) is 6.42 Å². The smallest absolute Gasteiger partial charge is 0.225 e. The molecule has 0 amide bonds. The zero-order chi connectivity index (χ0) is 13.5. The average molecular weight is 257 g/mol. The van der Waals surface area contributed by atoms with Crippen molar-refractivity contribution in [3.8, 4) is 11.1 Å². The first kappa shape index (κ1) is 13.4. The Kier molecular flexibility index (Phi) is 4.80. The second-order valence-corrected chi connectivity index (χ2v) is 4.39. The fraction of sp³-hybridized carbons (Fsp3) is 0.357. The highest BCUT2D eigenvalue weighted by Gasteiger charge is 2.04. The van der Waals surface area contributed by atoms with Gasteiger partial charge in [-0.25, -0.2) is 9.97 Å². The zero-order valence-corrected chi connectivity index (χ0v) is 11.4. The van der Waals surface area contributed by atoms with Crippen LogP contribution in [0.3, 0.4) is 0 Å². The van der Waals surface area contributed by atoms with Crippen molar-refractivity contribution in [1.29, 1.82) is 0 Å². The number of nitrogens with one attached hydrogen (secondary N) is 1. The third-order valence-corrected chi connectivity index (χ3v) is 2.91. The minimum Gasteiger partial charge on any atom is -0.344 e. The van der Waals surface area contributed by atoms with E-state index in [2.05, 4.69) is 25.2 Å². The predicted molar refractivity (Wildman–Crippen MR) is 77.1 cm³/mol. The molecule has 2 aromatic heterocycles. The Morgan fingerprint density at radius 2 is 1.79 bits per heavy atom. The Labute approximate surface area is 113 Å². The molecule has 2 heterocycles. The van der Waals surface area contributed by atoms with Crippen LogP contribution in [0.4, 0.5) is 5.95 Å². The molecule has 0 aliphatic heterocycles. The molecule has 0 bridgehead atoms. The quantitative estimate of drug-likeness (QED) is 0.796. The van der Waals surface area contributed by atoms with Crippen LogP contribution in [0.1, 0.15) is 6.42 Å². The SMILES string of the molecule is CNCCCN(C)c1ncc(-c2ccncc2)cn1. The predicted octanol–water partition coefficient (Wildman–Crippen LogP) is 1.58. The molecule has 5 nitrogen and oxygen atoms in total. The fourth-order valence-electron chi connectivity index (χ4n) is 1.80. The largest absolute Gasteiger partial charge is 0.344 e. The van der Waals surface area contributed by atoms with Gasteiger partial charge in [0.15, 0.2) is 0 Å². The minimum absolute atomic E-state index is 0.758. The molecule has 100 valence electrons. The Balaban J connectivity index is 2.02. The van der Waals surface area contributed by atoms with Gasteiger partial charge in [-0.2, -0.15) is 0 Å². The number of pyridine rings is 1. The summed E-state index contributed by atoms with van der Waals surface area (Å²) in [5, 5.41) is 3.13. The lowest BCUT2D eigenvalue weighted by Crippen LogP contribution is -2.23. The summed E-state index contributed by atoms with van der Waals surface area (Å²) in [4.78, 5) is 14.9. The normalized spacial score (nSPS) is 10.4. The maximum absolute atomic E-state index is 4.41. The van der Waals surface area contributed by atoms with Crippen LogP contribution in [0, 0.1) is 0 Å². The molecule has 0 saturated carbocycles. The molecule has 0 radical (unpaired) electrons. The monoisotopic (exact) mass is 257 g/mol. The Morgan fingerprint density at radius 3 is 2.42 bits per heavy atom. The average Bonchev–Trinajstić information content (AvgIpc) is 2.48. The molecule has 0 saturated heterocycles. The molecule has 0 atom stereocenters. The van der Waals surface area contributed by atoms with Crippen LogP contribution in [0.15, 0.2) is 36.9 Å². The van der Waals surface area contributed by atoms with Crippen molar-refractivity contribution < 1.29 is 0 Å². The van der Waals surface area contributed by atoms with E-state index in [0.717, 1.165) is 36.6 Å². The summed E-state index contributed by atoms with van der Waals surface area (Å²) in [6, 6.07) is 3.91. The van der Waals surface area contributed by atoms with Crippen molar-refractivity contribution in [1.82, 2.24) is 20.3 Å². The Hall–Kier alpha value is -2.01. The standard InChI is InChI=1S/C14H19N5/c1-15-6-3-9-19(2)14-17-10-13(11-18-14)12-4-7-16-8-5-12/h4-5,7-8,10-11,15H,3,6,9H2,1-2H3. The summed E-state index contributed by atoms with van der Waals surface area (Å²) in [5.74, 6) is 0.758. The number of nitrogens with zero attached hydrogens (tertiary/aromatic N) is 4. The van der Waals surface area contributed by atoms with E-state index in [1.807, 2.05) is 38.6 Å². The van der Waals surface area contributed by atoms with E-state index in [1.54, 1.807) is 12.4 Å². The summed E-state index contributed by atoms with van der Waals surface area (Å²) in [6.45, 7) is 1.94. The summed E-state index contributed by atoms with van der Waals surface area (Å²) >= 11 is 0. The molecule has 2 aromatic rings. The van der Waals surface area contributed by atoms with E-state index in [0.29, 0.717) is 0 Å². The van der Waals surface area contributed by atoms with E-state index in [-0.39, 0.29) is 0 Å². The first-order valence-corrected chi connectivity index (χ1v) is 6.39. The number of anilines is 1. The van der Waals surface area contributed by atoms with Gasteiger partial charge in [0.25, 0.3) is 0 Å². The topological polar surface area (TPSA) is 53.9 Å². The van der Waals surface area contributed by atoms with Crippen molar-refractivity contribution in [2.75, 3.05) is 32.1 Å². The van der Waals surface area contributed by atoms with Crippen LogP contribution >= 0.6 is 0 Å². The molecule has 1 N–H and O–H groups in total. The maximum Gasteiger partial charge on any atom is 0.225 e. The highest BCUT2D eigenvalue weighted by molar-refractivity contribution is 5.61. The summed E-state index contributed by atoms with van der Waals surface area (Å²) in [7, 11) is 3.97. The van der Waals surface area contributed by atoms with Gasteiger partial charge in [-0.15, -0.1) is 0 Å². The molecule has 19 heavy (non-hydrogen) atoms. The van der Waals surface area contributed by atoms with E-state index in [4.69, 9.17) is 0 Å². The molecule has 2 rings (SSSR count). The van der Waals surface area contributed by atoms with Gasteiger partial charge in [0, 0.05) is 43.9 Å². The van der Waals surface area contributed by atoms with Gasteiger partial charge in [-0.3, -0.25) is 4.98 Å². The third-order valence-electron chi connectivity index (χ3n) is 2.91. The molecule has 0 aliphatic carbocycles. The number of hydrogen-bond donors (Lipinski definition) is 1. The van der Waals surface area contributed by atoms with Crippen LogP contribution in [0.5, 0.6) is 0 Å². The second kappa shape index (κ2) is 6.80. The lowest BCUT2D eigenvalue weighted by atomic mass is 10.1. The Morgan fingerprint density at radius 1 is 1.11 bits per heavy atom. The Bertz CT molecular complexity index is 483. The molecular formula is C14H19N5. The van der Waals surface area contributed by atoms with E-state index in [9.17, 15) is 0 Å². The highest BCUT2D eigenvalue weighted by atomic mass is 15.2. The molecular weight excluding hydrogens is 238 g/mol. The second-order valence-electron chi connectivity index (χ2n) is 4.39. The molecule has 0 unspecified atom stereocenters. The van der Waals surface area contributed by atoms with Gasteiger partial charge in [0.05, 0.1) is 0 Å². The van der Waals surface area contributed by atoms with Gasteiger partial charge in [0.1, 0.15) is 0 Å². The van der Waals surface area contributed by atoms with Crippen LogP contribution < -0.4 is 10.2 Å². The zero-order valence-electron chi connectivity index (χ0n) is 11.4.